The summed E-state index contributed by atoms with van der Waals surface area (Å²) in [5, 5.41) is 11.4. The topological polar surface area (TPSA) is 112 Å². The smallest absolute Gasteiger partial charge is 0.266 e. The number of carbonyl (C=O) groups is 2. The van der Waals surface area contributed by atoms with Gasteiger partial charge in [0.25, 0.3) is 5.91 Å². The lowest BCUT2D eigenvalue weighted by molar-refractivity contribution is -0.117. The van der Waals surface area contributed by atoms with Crippen LogP contribution in [0, 0.1) is 11.2 Å². The van der Waals surface area contributed by atoms with E-state index in [9.17, 15) is 14.0 Å². The van der Waals surface area contributed by atoms with Gasteiger partial charge in [-0.1, -0.05) is 6.58 Å². The molecule has 0 radical (unpaired) electrons. The van der Waals surface area contributed by atoms with Gasteiger partial charge in [-0.25, -0.2) is 4.39 Å². The SMILES string of the molecule is C=C1C(Nc2ccc(OC(C)C)c(F)c2)=C(C(=N)C(N)=O)CCN1c1ccc(N2CCCC2=O)cc1. The summed E-state index contributed by atoms with van der Waals surface area (Å²) in [7, 11) is 0. The molecule has 0 spiro atoms. The van der Waals surface area contributed by atoms with E-state index in [-0.39, 0.29) is 23.5 Å². The number of hydrogen-bond acceptors (Lipinski definition) is 6. The molecule has 4 rings (SSSR count). The van der Waals surface area contributed by atoms with Gasteiger partial charge in [0.05, 0.1) is 17.5 Å². The molecule has 0 saturated carbocycles. The van der Waals surface area contributed by atoms with Crippen LogP contribution in [0.5, 0.6) is 5.75 Å². The van der Waals surface area contributed by atoms with E-state index < -0.39 is 11.7 Å². The number of benzene rings is 2. The second-order valence-corrected chi connectivity index (χ2v) is 9.04. The first-order chi connectivity index (χ1) is 17.2. The minimum atomic E-state index is -0.850. The molecule has 2 aromatic carbocycles. The highest BCUT2D eigenvalue weighted by atomic mass is 19.1. The molecule has 1 fully saturated rings. The summed E-state index contributed by atoms with van der Waals surface area (Å²) in [6, 6.07) is 12.1. The van der Waals surface area contributed by atoms with E-state index in [1.54, 1.807) is 11.0 Å². The standard InChI is InChI=1S/C27H30FN5O3/c1-16(2)36-23-11-6-18(15-22(23)28)31-26-17(3)32(14-12-21(26)25(29)27(30)35)19-7-9-20(10-8-19)33-13-4-5-24(33)34/h6-11,15-16,29,31H,3-5,12-14H2,1-2H3,(H2,30,35). The van der Waals surface area contributed by atoms with Crippen LogP contribution in [0.15, 0.2) is 66.0 Å². The highest BCUT2D eigenvalue weighted by Crippen LogP contribution is 2.34. The molecule has 0 bridgehead atoms. The number of hydrogen-bond donors (Lipinski definition) is 3. The highest BCUT2D eigenvalue weighted by molar-refractivity contribution is 6.44. The maximum absolute atomic E-state index is 14.6. The normalized spacial score (nSPS) is 16.1. The zero-order valence-corrected chi connectivity index (χ0v) is 20.4. The van der Waals surface area contributed by atoms with Crippen molar-refractivity contribution in [1.82, 2.24) is 0 Å². The largest absolute Gasteiger partial charge is 0.488 e. The first-order valence-electron chi connectivity index (χ1n) is 11.9. The van der Waals surface area contributed by atoms with E-state index in [0.29, 0.717) is 48.6 Å². The minimum Gasteiger partial charge on any atom is -0.488 e. The predicted octanol–water partition coefficient (Wildman–Crippen LogP) is 4.33. The van der Waals surface area contributed by atoms with Crippen molar-refractivity contribution in [2.75, 3.05) is 28.2 Å². The van der Waals surface area contributed by atoms with Crippen LogP contribution in [0.3, 0.4) is 0 Å². The fourth-order valence-corrected chi connectivity index (χ4v) is 4.43. The Morgan fingerprint density at radius 1 is 1.11 bits per heavy atom. The Morgan fingerprint density at radius 2 is 1.78 bits per heavy atom. The summed E-state index contributed by atoms with van der Waals surface area (Å²) in [6.07, 6.45) is 1.59. The van der Waals surface area contributed by atoms with E-state index in [1.807, 2.05) is 43.0 Å². The van der Waals surface area contributed by atoms with Crippen LogP contribution in [0.4, 0.5) is 21.5 Å². The number of amides is 2. The lowest BCUT2D eigenvalue weighted by Gasteiger charge is -2.35. The van der Waals surface area contributed by atoms with Crippen LogP contribution in [-0.2, 0) is 9.59 Å². The van der Waals surface area contributed by atoms with Gasteiger partial charge < -0.3 is 25.6 Å². The van der Waals surface area contributed by atoms with Crippen LogP contribution in [0.1, 0.15) is 33.1 Å². The third-order valence-electron chi connectivity index (χ3n) is 6.16. The molecular weight excluding hydrogens is 461 g/mol. The molecule has 188 valence electrons. The first-order valence-corrected chi connectivity index (χ1v) is 11.9. The number of ether oxygens (including phenoxy) is 1. The summed E-state index contributed by atoms with van der Waals surface area (Å²) < 4.78 is 20.1. The first kappa shape index (κ1) is 25.0. The van der Waals surface area contributed by atoms with Gasteiger partial charge in [-0.05, 0) is 63.1 Å². The van der Waals surface area contributed by atoms with Crippen LogP contribution in [0.25, 0.3) is 0 Å². The van der Waals surface area contributed by atoms with E-state index >= 15 is 0 Å². The number of nitrogens with two attached hydrogens (primary N) is 1. The molecule has 0 atom stereocenters. The fourth-order valence-electron chi connectivity index (χ4n) is 4.43. The Hall–Kier alpha value is -4.14. The van der Waals surface area contributed by atoms with Crippen LogP contribution < -0.4 is 25.6 Å². The van der Waals surface area contributed by atoms with Crippen molar-refractivity contribution in [2.45, 2.75) is 39.2 Å². The number of rotatable bonds is 8. The quantitative estimate of drug-likeness (QED) is 0.476. The summed E-state index contributed by atoms with van der Waals surface area (Å²) in [6.45, 7) is 9.01. The summed E-state index contributed by atoms with van der Waals surface area (Å²) in [4.78, 5) is 27.6. The Balaban J connectivity index is 1.63. The molecule has 4 N–H and O–H groups in total. The van der Waals surface area contributed by atoms with E-state index in [0.717, 1.165) is 17.8 Å². The van der Waals surface area contributed by atoms with Crippen molar-refractivity contribution in [3.8, 4) is 5.75 Å². The predicted molar refractivity (Wildman–Crippen MR) is 139 cm³/mol. The van der Waals surface area contributed by atoms with Crippen molar-refractivity contribution >= 4 is 34.6 Å². The number of nitrogens with one attached hydrogen (secondary N) is 2. The Labute approximate surface area is 209 Å². The maximum atomic E-state index is 14.6. The van der Waals surface area contributed by atoms with E-state index in [2.05, 4.69) is 11.9 Å². The molecule has 9 heteroatoms. The second kappa shape index (κ2) is 10.2. The molecule has 1 saturated heterocycles. The van der Waals surface area contributed by atoms with E-state index in [4.69, 9.17) is 15.9 Å². The Morgan fingerprint density at radius 3 is 2.33 bits per heavy atom. The number of anilines is 3. The van der Waals surface area contributed by atoms with Gasteiger partial charge in [-0.15, -0.1) is 0 Å². The molecule has 2 aliphatic rings. The lowest BCUT2D eigenvalue weighted by Crippen LogP contribution is -2.36. The van der Waals surface area contributed by atoms with Gasteiger partial charge in [0.1, 0.15) is 5.71 Å². The van der Waals surface area contributed by atoms with Crippen molar-refractivity contribution < 1.29 is 18.7 Å². The highest BCUT2D eigenvalue weighted by Gasteiger charge is 2.28. The maximum Gasteiger partial charge on any atom is 0.266 e. The van der Waals surface area contributed by atoms with Crippen molar-refractivity contribution in [3.05, 3.63) is 71.8 Å². The van der Waals surface area contributed by atoms with Gasteiger partial charge >= 0.3 is 0 Å². The Bertz CT molecular complexity index is 1250. The van der Waals surface area contributed by atoms with Crippen LogP contribution in [0.2, 0.25) is 0 Å². The zero-order chi connectivity index (χ0) is 26.0. The van der Waals surface area contributed by atoms with Crippen LogP contribution in [-0.4, -0.2) is 36.7 Å². The third-order valence-corrected chi connectivity index (χ3v) is 6.16. The number of halogens is 1. The second-order valence-electron chi connectivity index (χ2n) is 9.04. The average Bonchev–Trinajstić information content (AvgIpc) is 3.27. The van der Waals surface area contributed by atoms with Gasteiger partial charge in [0.15, 0.2) is 11.6 Å². The summed E-state index contributed by atoms with van der Waals surface area (Å²) in [5.74, 6) is -1.13. The molecular formula is C27H30FN5O3. The zero-order valence-electron chi connectivity index (χ0n) is 20.4. The van der Waals surface area contributed by atoms with Crippen molar-refractivity contribution in [3.63, 3.8) is 0 Å². The van der Waals surface area contributed by atoms with E-state index in [1.165, 1.54) is 12.1 Å². The molecule has 2 heterocycles. The number of nitrogens with zero attached hydrogens (tertiary/aromatic N) is 2. The van der Waals surface area contributed by atoms with Crippen LogP contribution >= 0.6 is 0 Å². The monoisotopic (exact) mass is 491 g/mol. The van der Waals surface area contributed by atoms with Crippen molar-refractivity contribution in [2.24, 2.45) is 5.73 Å². The molecule has 8 nitrogen and oxygen atoms in total. The molecule has 0 unspecified atom stereocenters. The van der Waals surface area contributed by atoms with Crippen molar-refractivity contribution in [1.29, 1.82) is 5.41 Å². The Kier molecular flexibility index (Phi) is 7.10. The molecule has 0 aliphatic carbocycles. The van der Waals surface area contributed by atoms with Gasteiger partial charge in [-0.3, -0.25) is 15.0 Å². The molecule has 2 amide bonds. The molecule has 36 heavy (non-hydrogen) atoms. The minimum absolute atomic E-state index is 0.117. The fraction of sp³-hybridized carbons (Fsp3) is 0.296. The summed E-state index contributed by atoms with van der Waals surface area (Å²) in [5.41, 5.74) is 8.53. The number of primary amides is 1. The average molecular weight is 492 g/mol. The third kappa shape index (κ3) is 5.10. The molecule has 0 aromatic heterocycles. The lowest BCUT2D eigenvalue weighted by atomic mass is 9.96. The number of carbonyl (C=O) groups excluding carboxylic acids is 2. The molecule has 2 aromatic rings. The van der Waals surface area contributed by atoms with Gasteiger partial charge in [0, 0.05) is 48.2 Å². The summed E-state index contributed by atoms with van der Waals surface area (Å²) >= 11 is 0. The van der Waals surface area contributed by atoms with Gasteiger partial charge in [-0.2, -0.15) is 0 Å². The van der Waals surface area contributed by atoms with Gasteiger partial charge in [0.2, 0.25) is 5.91 Å². The molecule has 2 aliphatic heterocycles.